The smallest absolute Gasteiger partial charge is 0.257 e. The van der Waals surface area contributed by atoms with Gasteiger partial charge in [0.2, 0.25) is 11.0 Å². The summed E-state index contributed by atoms with van der Waals surface area (Å²) in [6, 6.07) is 7.32. The van der Waals surface area contributed by atoms with Crippen LogP contribution >= 0.6 is 11.3 Å². The van der Waals surface area contributed by atoms with Gasteiger partial charge >= 0.3 is 0 Å². The summed E-state index contributed by atoms with van der Waals surface area (Å²) in [6.07, 6.45) is 1.53. The van der Waals surface area contributed by atoms with Gasteiger partial charge in [0, 0.05) is 25.1 Å². The second-order valence-electron chi connectivity index (χ2n) is 5.20. The van der Waals surface area contributed by atoms with Crippen molar-refractivity contribution in [1.82, 2.24) is 15.1 Å². The van der Waals surface area contributed by atoms with Crippen LogP contribution in [-0.2, 0) is 11.3 Å². The minimum Gasteiger partial charge on any atom is -0.338 e. The fraction of sp³-hybridized carbons (Fsp3) is 0.333. The van der Waals surface area contributed by atoms with E-state index in [4.69, 9.17) is 0 Å². The lowest BCUT2D eigenvalue weighted by molar-refractivity contribution is -0.128. The highest BCUT2D eigenvalue weighted by atomic mass is 32.1. The van der Waals surface area contributed by atoms with Gasteiger partial charge in [-0.1, -0.05) is 23.5 Å². The van der Waals surface area contributed by atoms with Gasteiger partial charge in [0.1, 0.15) is 5.01 Å². The van der Waals surface area contributed by atoms with Crippen molar-refractivity contribution in [3.63, 3.8) is 0 Å². The van der Waals surface area contributed by atoms with Crippen LogP contribution in [0.1, 0.15) is 33.8 Å². The summed E-state index contributed by atoms with van der Waals surface area (Å²) in [5.41, 5.74) is 1.51. The van der Waals surface area contributed by atoms with Crippen molar-refractivity contribution in [2.45, 2.75) is 26.3 Å². The zero-order valence-electron chi connectivity index (χ0n) is 12.2. The van der Waals surface area contributed by atoms with Crippen molar-refractivity contribution in [1.29, 1.82) is 0 Å². The number of rotatable bonds is 4. The van der Waals surface area contributed by atoms with Crippen molar-refractivity contribution in [2.24, 2.45) is 0 Å². The Balaban J connectivity index is 1.70. The highest BCUT2D eigenvalue weighted by Crippen LogP contribution is 2.17. The molecule has 2 aromatic rings. The normalized spacial score (nSPS) is 14.4. The van der Waals surface area contributed by atoms with Crippen LogP contribution in [0, 0.1) is 6.92 Å². The van der Waals surface area contributed by atoms with Crippen molar-refractivity contribution < 1.29 is 9.59 Å². The Morgan fingerprint density at radius 3 is 2.95 bits per heavy atom. The second-order valence-corrected chi connectivity index (χ2v) is 6.38. The van der Waals surface area contributed by atoms with Crippen LogP contribution in [0.25, 0.3) is 0 Å². The minimum atomic E-state index is -0.217. The van der Waals surface area contributed by atoms with Gasteiger partial charge in [0.05, 0.1) is 0 Å². The summed E-state index contributed by atoms with van der Waals surface area (Å²) in [4.78, 5) is 25.7. The molecule has 0 aliphatic carbocycles. The Kier molecular flexibility index (Phi) is 4.15. The third-order valence-electron chi connectivity index (χ3n) is 3.48. The molecule has 1 N–H and O–H groups in total. The lowest BCUT2D eigenvalue weighted by Crippen LogP contribution is -2.24. The quantitative estimate of drug-likeness (QED) is 0.938. The van der Waals surface area contributed by atoms with Crippen LogP contribution in [-0.4, -0.2) is 33.5 Å². The molecule has 0 atom stereocenters. The number of likely N-dealkylation sites (tertiary alicyclic amines) is 1. The van der Waals surface area contributed by atoms with Gasteiger partial charge in [-0.25, -0.2) is 0 Å². The van der Waals surface area contributed by atoms with Crippen molar-refractivity contribution in [2.75, 3.05) is 11.9 Å². The number of anilines is 1. The van der Waals surface area contributed by atoms with Crippen LogP contribution in [0.15, 0.2) is 24.3 Å². The van der Waals surface area contributed by atoms with Gasteiger partial charge in [0.25, 0.3) is 5.91 Å². The summed E-state index contributed by atoms with van der Waals surface area (Å²) >= 11 is 1.33. The molecule has 0 spiro atoms. The van der Waals surface area contributed by atoms with E-state index in [1.807, 2.05) is 30.0 Å². The zero-order valence-corrected chi connectivity index (χ0v) is 13.0. The molecule has 0 radical (unpaired) electrons. The highest BCUT2D eigenvalue weighted by molar-refractivity contribution is 7.15. The molecule has 3 rings (SSSR count). The lowest BCUT2D eigenvalue weighted by atomic mass is 10.1. The molecule has 1 fully saturated rings. The standard InChI is InChI=1S/C15H16N4O2S/c1-10-17-18-15(22-10)16-14(21)12-5-2-4-11(8-12)9-19-7-3-6-13(19)20/h2,4-5,8H,3,6-7,9H2,1H3,(H,16,18,21). The topological polar surface area (TPSA) is 75.2 Å². The van der Waals surface area contributed by atoms with Crippen LogP contribution < -0.4 is 5.32 Å². The van der Waals surface area contributed by atoms with E-state index in [1.54, 1.807) is 6.07 Å². The van der Waals surface area contributed by atoms with Crippen LogP contribution in [0.4, 0.5) is 5.13 Å². The molecule has 1 aliphatic rings. The van der Waals surface area contributed by atoms with E-state index in [-0.39, 0.29) is 11.8 Å². The predicted molar refractivity (Wildman–Crippen MR) is 83.7 cm³/mol. The van der Waals surface area contributed by atoms with E-state index in [0.717, 1.165) is 23.5 Å². The van der Waals surface area contributed by atoms with Crippen LogP contribution in [0.2, 0.25) is 0 Å². The summed E-state index contributed by atoms with van der Waals surface area (Å²) < 4.78 is 0. The largest absolute Gasteiger partial charge is 0.338 e. The molecule has 1 aromatic carbocycles. The predicted octanol–water partition coefficient (Wildman–Crippen LogP) is 2.22. The Hall–Kier alpha value is -2.28. The number of hydrogen-bond acceptors (Lipinski definition) is 5. The van der Waals surface area contributed by atoms with E-state index in [2.05, 4.69) is 15.5 Å². The molecule has 0 bridgehead atoms. The molecule has 114 valence electrons. The van der Waals surface area contributed by atoms with Gasteiger partial charge in [0.15, 0.2) is 0 Å². The molecule has 0 saturated carbocycles. The Morgan fingerprint density at radius 2 is 2.27 bits per heavy atom. The third kappa shape index (κ3) is 3.30. The van der Waals surface area contributed by atoms with Crippen molar-refractivity contribution >= 4 is 28.3 Å². The van der Waals surface area contributed by atoms with Gasteiger partial charge in [-0.3, -0.25) is 14.9 Å². The number of nitrogens with one attached hydrogen (secondary N) is 1. The number of aromatic nitrogens is 2. The monoisotopic (exact) mass is 316 g/mol. The molecule has 2 heterocycles. The first kappa shape index (κ1) is 14.6. The number of amides is 2. The highest BCUT2D eigenvalue weighted by Gasteiger charge is 2.20. The maximum absolute atomic E-state index is 12.2. The molecule has 1 aliphatic heterocycles. The zero-order chi connectivity index (χ0) is 15.5. The number of benzene rings is 1. The SMILES string of the molecule is Cc1nnc(NC(=O)c2cccc(CN3CCCC3=O)c2)s1. The first-order valence-corrected chi connectivity index (χ1v) is 7.91. The second kappa shape index (κ2) is 6.23. The summed E-state index contributed by atoms with van der Waals surface area (Å²) in [5, 5.41) is 11.8. The molecule has 2 amide bonds. The van der Waals surface area contributed by atoms with E-state index in [1.165, 1.54) is 11.3 Å². The molecule has 1 saturated heterocycles. The first-order chi connectivity index (χ1) is 10.6. The Morgan fingerprint density at radius 1 is 1.41 bits per heavy atom. The van der Waals surface area contributed by atoms with E-state index in [0.29, 0.717) is 23.7 Å². The fourth-order valence-electron chi connectivity index (χ4n) is 2.42. The molecule has 0 unspecified atom stereocenters. The molecular formula is C15H16N4O2S. The number of hydrogen-bond donors (Lipinski definition) is 1. The van der Waals surface area contributed by atoms with E-state index >= 15 is 0 Å². The lowest BCUT2D eigenvalue weighted by Gasteiger charge is -2.15. The Labute approximate surface area is 132 Å². The maximum Gasteiger partial charge on any atom is 0.257 e. The van der Waals surface area contributed by atoms with Crippen molar-refractivity contribution in [3.05, 3.63) is 40.4 Å². The molecular weight excluding hydrogens is 300 g/mol. The summed E-state index contributed by atoms with van der Waals surface area (Å²) in [7, 11) is 0. The van der Waals surface area contributed by atoms with Gasteiger partial charge in [-0.2, -0.15) is 0 Å². The minimum absolute atomic E-state index is 0.180. The van der Waals surface area contributed by atoms with Crippen LogP contribution in [0.5, 0.6) is 0 Å². The average molecular weight is 316 g/mol. The van der Waals surface area contributed by atoms with Crippen LogP contribution in [0.3, 0.4) is 0 Å². The molecule has 6 nitrogen and oxygen atoms in total. The van der Waals surface area contributed by atoms with E-state index < -0.39 is 0 Å². The Bertz CT molecular complexity index is 713. The number of nitrogens with zero attached hydrogens (tertiary/aromatic N) is 3. The number of carbonyl (C=O) groups is 2. The van der Waals surface area contributed by atoms with Gasteiger partial charge in [-0.15, -0.1) is 10.2 Å². The molecule has 7 heteroatoms. The maximum atomic E-state index is 12.2. The van der Waals surface area contributed by atoms with Gasteiger partial charge in [-0.05, 0) is 31.0 Å². The molecule has 22 heavy (non-hydrogen) atoms. The molecule has 1 aromatic heterocycles. The van der Waals surface area contributed by atoms with Gasteiger partial charge < -0.3 is 4.90 Å². The summed E-state index contributed by atoms with van der Waals surface area (Å²) in [6.45, 7) is 3.18. The van der Waals surface area contributed by atoms with E-state index in [9.17, 15) is 9.59 Å². The average Bonchev–Trinajstić information content (AvgIpc) is 3.08. The summed E-state index contributed by atoms with van der Waals surface area (Å²) in [5.74, 6) is -0.0371. The number of carbonyl (C=O) groups excluding carboxylic acids is 2. The fourth-order valence-corrected chi connectivity index (χ4v) is 3.01. The van der Waals surface area contributed by atoms with Crippen molar-refractivity contribution in [3.8, 4) is 0 Å². The number of aryl methyl sites for hydroxylation is 1. The third-order valence-corrected chi connectivity index (χ3v) is 4.23. The first-order valence-electron chi connectivity index (χ1n) is 7.10.